The van der Waals surface area contributed by atoms with E-state index in [0.717, 1.165) is 26.1 Å². The lowest BCUT2D eigenvalue weighted by atomic mass is 9.80. The zero-order valence-corrected chi connectivity index (χ0v) is 14.5. The number of hydrogen-bond acceptors (Lipinski definition) is 3. The Balaban J connectivity index is 5.00. The standard InChI is InChI=1S/C16H37N3/c1-9-14(17)15(16(4,5)6)19(12-13(2)3)11-10-18(7)8/h13-15H,9-12,17H2,1-8H3. The lowest BCUT2D eigenvalue weighted by Gasteiger charge is -2.44. The Morgan fingerprint density at radius 3 is 1.89 bits per heavy atom. The third-order valence-electron chi connectivity index (χ3n) is 3.59. The molecule has 0 aromatic heterocycles. The third-order valence-corrected chi connectivity index (χ3v) is 3.59. The average molecular weight is 271 g/mol. The normalized spacial score (nSPS) is 16.4. The Morgan fingerprint density at radius 1 is 1.05 bits per heavy atom. The smallest absolute Gasteiger partial charge is 0.0296 e. The van der Waals surface area contributed by atoms with Gasteiger partial charge in [0.05, 0.1) is 0 Å². The molecule has 3 heteroatoms. The molecule has 2 atom stereocenters. The summed E-state index contributed by atoms with van der Waals surface area (Å²) in [5.74, 6) is 0.677. The fourth-order valence-electron chi connectivity index (χ4n) is 2.83. The lowest BCUT2D eigenvalue weighted by molar-refractivity contribution is 0.0606. The molecule has 0 aliphatic heterocycles. The molecule has 0 fully saturated rings. The van der Waals surface area contributed by atoms with Crippen LogP contribution in [0.3, 0.4) is 0 Å². The number of likely N-dealkylation sites (N-methyl/N-ethyl adjacent to an activating group) is 1. The van der Waals surface area contributed by atoms with Crippen molar-refractivity contribution in [2.75, 3.05) is 33.7 Å². The van der Waals surface area contributed by atoms with Crippen LogP contribution in [0.15, 0.2) is 0 Å². The van der Waals surface area contributed by atoms with Gasteiger partial charge in [-0.15, -0.1) is 0 Å². The monoisotopic (exact) mass is 271 g/mol. The number of rotatable bonds is 8. The minimum absolute atomic E-state index is 0.219. The van der Waals surface area contributed by atoms with Crippen LogP contribution in [-0.4, -0.2) is 55.6 Å². The minimum atomic E-state index is 0.219. The first-order valence-corrected chi connectivity index (χ1v) is 7.73. The van der Waals surface area contributed by atoms with Crippen LogP contribution in [0.25, 0.3) is 0 Å². The average Bonchev–Trinajstić information content (AvgIpc) is 2.22. The van der Waals surface area contributed by atoms with Crippen molar-refractivity contribution in [2.24, 2.45) is 17.1 Å². The van der Waals surface area contributed by atoms with Gasteiger partial charge in [0, 0.05) is 31.7 Å². The molecule has 0 radical (unpaired) electrons. The van der Waals surface area contributed by atoms with Gasteiger partial charge in [0.25, 0.3) is 0 Å². The highest BCUT2D eigenvalue weighted by Gasteiger charge is 2.34. The fraction of sp³-hybridized carbons (Fsp3) is 1.00. The van der Waals surface area contributed by atoms with E-state index in [2.05, 4.69) is 65.4 Å². The van der Waals surface area contributed by atoms with E-state index in [-0.39, 0.29) is 11.5 Å². The van der Waals surface area contributed by atoms with Gasteiger partial charge in [0.15, 0.2) is 0 Å². The van der Waals surface area contributed by atoms with Crippen LogP contribution < -0.4 is 5.73 Å². The SMILES string of the molecule is CCC(N)C(N(CCN(C)C)CC(C)C)C(C)(C)C. The predicted molar refractivity (Wildman–Crippen MR) is 86.5 cm³/mol. The molecule has 116 valence electrons. The zero-order chi connectivity index (χ0) is 15.2. The highest BCUT2D eigenvalue weighted by atomic mass is 15.2. The molecular formula is C16H37N3. The van der Waals surface area contributed by atoms with Gasteiger partial charge in [-0.1, -0.05) is 41.5 Å². The van der Waals surface area contributed by atoms with Crippen molar-refractivity contribution in [3.8, 4) is 0 Å². The van der Waals surface area contributed by atoms with Crippen molar-refractivity contribution < 1.29 is 0 Å². The highest BCUT2D eigenvalue weighted by molar-refractivity contribution is 4.91. The number of hydrogen-bond donors (Lipinski definition) is 1. The van der Waals surface area contributed by atoms with Crippen molar-refractivity contribution in [3.63, 3.8) is 0 Å². The molecule has 2 unspecified atom stereocenters. The molecule has 0 amide bonds. The predicted octanol–water partition coefficient (Wildman–Crippen LogP) is 2.66. The number of nitrogens with zero attached hydrogens (tertiary/aromatic N) is 2. The van der Waals surface area contributed by atoms with E-state index in [1.807, 2.05) is 0 Å². The van der Waals surface area contributed by atoms with Crippen molar-refractivity contribution in [3.05, 3.63) is 0 Å². The largest absolute Gasteiger partial charge is 0.326 e. The molecule has 0 heterocycles. The van der Waals surface area contributed by atoms with Crippen LogP contribution in [-0.2, 0) is 0 Å². The maximum absolute atomic E-state index is 6.43. The Hall–Kier alpha value is -0.120. The molecule has 0 saturated carbocycles. The van der Waals surface area contributed by atoms with Crippen molar-refractivity contribution in [1.29, 1.82) is 0 Å². The summed E-state index contributed by atoms with van der Waals surface area (Å²) < 4.78 is 0. The first-order chi connectivity index (χ1) is 8.59. The van der Waals surface area contributed by atoms with Crippen molar-refractivity contribution in [2.45, 2.75) is 60.0 Å². The molecule has 2 N–H and O–H groups in total. The maximum atomic E-state index is 6.43. The second-order valence-corrected chi connectivity index (χ2v) is 7.58. The van der Waals surface area contributed by atoms with E-state index in [9.17, 15) is 0 Å². The summed E-state index contributed by atoms with van der Waals surface area (Å²) in [6.45, 7) is 17.0. The highest BCUT2D eigenvalue weighted by Crippen LogP contribution is 2.28. The Bertz CT molecular complexity index is 231. The zero-order valence-electron chi connectivity index (χ0n) is 14.5. The summed E-state index contributed by atoms with van der Waals surface area (Å²) in [4.78, 5) is 4.86. The number of nitrogens with two attached hydrogens (primary N) is 1. The fourth-order valence-corrected chi connectivity index (χ4v) is 2.83. The van der Waals surface area contributed by atoms with Crippen LogP contribution >= 0.6 is 0 Å². The van der Waals surface area contributed by atoms with E-state index in [0.29, 0.717) is 12.0 Å². The first kappa shape index (κ1) is 18.9. The van der Waals surface area contributed by atoms with E-state index < -0.39 is 0 Å². The molecule has 0 rings (SSSR count). The summed E-state index contributed by atoms with van der Waals surface area (Å²) in [5.41, 5.74) is 6.65. The quantitative estimate of drug-likeness (QED) is 0.736. The van der Waals surface area contributed by atoms with Gasteiger partial charge in [0.2, 0.25) is 0 Å². The van der Waals surface area contributed by atoms with Gasteiger partial charge in [0.1, 0.15) is 0 Å². The second-order valence-electron chi connectivity index (χ2n) is 7.58. The van der Waals surface area contributed by atoms with Crippen molar-refractivity contribution in [1.82, 2.24) is 9.80 Å². The van der Waals surface area contributed by atoms with Crippen LogP contribution in [0.1, 0.15) is 48.0 Å². The topological polar surface area (TPSA) is 32.5 Å². The van der Waals surface area contributed by atoms with E-state index in [1.54, 1.807) is 0 Å². The van der Waals surface area contributed by atoms with Crippen LogP contribution in [0, 0.1) is 11.3 Å². The molecule has 0 spiro atoms. The summed E-state index contributed by atoms with van der Waals surface area (Å²) in [7, 11) is 4.28. The van der Waals surface area contributed by atoms with Gasteiger partial charge in [-0.05, 0) is 31.8 Å². The maximum Gasteiger partial charge on any atom is 0.0296 e. The van der Waals surface area contributed by atoms with Crippen LogP contribution in [0.5, 0.6) is 0 Å². The first-order valence-electron chi connectivity index (χ1n) is 7.73. The lowest BCUT2D eigenvalue weighted by Crippen LogP contribution is -2.56. The van der Waals surface area contributed by atoms with Crippen LogP contribution in [0.4, 0.5) is 0 Å². The molecule has 0 aromatic rings. The van der Waals surface area contributed by atoms with Gasteiger partial charge < -0.3 is 10.6 Å². The summed E-state index contributed by atoms with van der Waals surface area (Å²) in [6, 6.07) is 0.695. The molecule has 0 aromatic carbocycles. The summed E-state index contributed by atoms with van der Waals surface area (Å²) >= 11 is 0. The molecule has 19 heavy (non-hydrogen) atoms. The minimum Gasteiger partial charge on any atom is -0.326 e. The van der Waals surface area contributed by atoms with E-state index in [1.165, 1.54) is 0 Å². The Morgan fingerprint density at radius 2 is 1.58 bits per heavy atom. The van der Waals surface area contributed by atoms with E-state index >= 15 is 0 Å². The third kappa shape index (κ3) is 7.28. The van der Waals surface area contributed by atoms with Crippen LogP contribution in [0.2, 0.25) is 0 Å². The Labute approximate surface area is 121 Å². The van der Waals surface area contributed by atoms with Gasteiger partial charge >= 0.3 is 0 Å². The second kappa shape index (κ2) is 8.23. The van der Waals surface area contributed by atoms with Gasteiger partial charge in [-0.3, -0.25) is 4.90 Å². The van der Waals surface area contributed by atoms with Gasteiger partial charge in [-0.25, -0.2) is 0 Å². The van der Waals surface area contributed by atoms with Gasteiger partial charge in [-0.2, -0.15) is 0 Å². The molecule has 0 aliphatic carbocycles. The molecule has 0 aliphatic rings. The summed E-state index contributed by atoms with van der Waals surface area (Å²) in [6.07, 6.45) is 1.04. The molecule has 0 saturated heterocycles. The summed E-state index contributed by atoms with van der Waals surface area (Å²) in [5, 5.41) is 0. The Kier molecular flexibility index (Phi) is 8.18. The van der Waals surface area contributed by atoms with E-state index in [4.69, 9.17) is 5.73 Å². The van der Waals surface area contributed by atoms with Crippen molar-refractivity contribution >= 4 is 0 Å². The molecule has 0 bridgehead atoms. The molecular weight excluding hydrogens is 234 g/mol. The molecule has 3 nitrogen and oxygen atoms in total.